The number of ether oxygens (including phenoxy) is 2. The number of carboxylic acids is 1. The number of rotatable bonds is 9. The first-order valence-electron chi connectivity index (χ1n) is 12.1. The van der Waals surface area contributed by atoms with E-state index in [0.29, 0.717) is 26.9 Å². The molecule has 3 N–H and O–H groups in total. The van der Waals surface area contributed by atoms with E-state index in [1.807, 2.05) is 0 Å². The van der Waals surface area contributed by atoms with E-state index < -0.39 is 29.2 Å². The van der Waals surface area contributed by atoms with Gasteiger partial charge in [-0.3, -0.25) is 14.5 Å². The number of phenols is 1. The van der Waals surface area contributed by atoms with Gasteiger partial charge >= 0.3 is 5.97 Å². The Morgan fingerprint density at radius 2 is 1.66 bits per heavy atom. The predicted molar refractivity (Wildman–Crippen MR) is 155 cm³/mol. The molecule has 3 aromatic rings. The minimum atomic E-state index is -1.29. The Morgan fingerprint density at radius 3 is 2.34 bits per heavy atom. The van der Waals surface area contributed by atoms with Crippen LogP contribution in [0.5, 0.6) is 23.0 Å². The van der Waals surface area contributed by atoms with Crippen LogP contribution in [0, 0.1) is 0 Å². The minimum absolute atomic E-state index is 0.00738. The van der Waals surface area contributed by atoms with Gasteiger partial charge in [0.15, 0.2) is 11.5 Å². The molecule has 0 bridgehead atoms. The molecule has 9 nitrogen and oxygen atoms in total. The van der Waals surface area contributed by atoms with Crippen molar-refractivity contribution in [2.75, 3.05) is 12.4 Å². The third kappa shape index (κ3) is 6.36. The van der Waals surface area contributed by atoms with Gasteiger partial charge in [-0.2, -0.15) is 0 Å². The first kappa shape index (κ1) is 28.9. The number of hydrogen-bond donors (Lipinski definition) is 3. The normalized spacial score (nSPS) is 17.9. The van der Waals surface area contributed by atoms with E-state index >= 15 is 0 Å². The van der Waals surface area contributed by atoms with Gasteiger partial charge in [0.05, 0.1) is 11.4 Å². The number of nitrogens with zero attached hydrogens (tertiary/aromatic N) is 1. The molecule has 2 atom stereocenters. The van der Waals surface area contributed by atoms with Crippen LogP contribution in [0.3, 0.4) is 0 Å². The van der Waals surface area contributed by atoms with Crippen LogP contribution in [-0.2, 0) is 20.8 Å². The first-order valence-corrected chi connectivity index (χ1v) is 14.3. The van der Waals surface area contributed by atoms with E-state index in [9.17, 15) is 24.6 Å². The van der Waals surface area contributed by atoms with Crippen LogP contribution in [0.1, 0.15) is 5.56 Å². The molecular weight excluding hydrogens is 615 g/mol. The Morgan fingerprint density at radius 1 is 0.976 bits per heavy atom. The lowest BCUT2D eigenvalue weighted by Crippen LogP contribution is -2.70. The zero-order chi connectivity index (χ0) is 29.3. The summed E-state index contributed by atoms with van der Waals surface area (Å²) in [5.41, 5.74) is 0.845. The van der Waals surface area contributed by atoms with Crippen LogP contribution in [0.4, 0.5) is 0 Å². The fourth-order valence-electron chi connectivity index (χ4n) is 4.34. The van der Waals surface area contributed by atoms with E-state index in [0.717, 1.165) is 0 Å². The number of nitrogens with one attached hydrogen (secondary N) is 1. The lowest BCUT2D eigenvalue weighted by Gasteiger charge is -2.49. The molecule has 212 valence electrons. The predicted octanol–water partition coefficient (Wildman–Crippen LogP) is 5.50. The molecule has 3 aromatic carbocycles. The van der Waals surface area contributed by atoms with Crippen molar-refractivity contribution in [1.29, 1.82) is 0 Å². The maximum absolute atomic E-state index is 13.0. The fourth-order valence-corrected chi connectivity index (χ4v) is 6.27. The van der Waals surface area contributed by atoms with Crippen molar-refractivity contribution in [2.24, 2.45) is 0 Å². The van der Waals surface area contributed by atoms with E-state index in [4.69, 9.17) is 44.3 Å². The highest BCUT2D eigenvalue weighted by atomic mass is 35.5. The summed E-state index contributed by atoms with van der Waals surface area (Å²) >= 11 is 19.7. The molecule has 13 heteroatoms. The number of β-lactam (4-membered cyclic amide) rings is 1. The quantitative estimate of drug-likeness (QED) is 0.263. The van der Waals surface area contributed by atoms with Crippen LogP contribution in [0.2, 0.25) is 15.1 Å². The number of aromatic hydroxyl groups is 1. The summed E-state index contributed by atoms with van der Waals surface area (Å²) in [6.07, 6.45) is 0.00738. The molecule has 2 heterocycles. The maximum atomic E-state index is 13.0. The molecule has 0 spiro atoms. The maximum Gasteiger partial charge on any atom is 0.352 e. The average molecular weight is 636 g/mol. The van der Waals surface area contributed by atoms with Crippen molar-refractivity contribution in [1.82, 2.24) is 10.2 Å². The van der Waals surface area contributed by atoms with Crippen molar-refractivity contribution in [3.8, 4) is 23.0 Å². The van der Waals surface area contributed by atoms with Gasteiger partial charge in [0.25, 0.3) is 5.91 Å². The molecule has 2 aliphatic heterocycles. The highest BCUT2D eigenvalue weighted by Crippen LogP contribution is 2.42. The van der Waals surface area contributed by atoms with Crippen LogP contribution < -0.4 is 14.8 Å². The second-order valence-electron chi connectivity index (χ2n) is 9.11. The molecule has 5 rings (SSSR count). The third-order valence-electron chi connectivity index (χ3n) is 6.29. The first-order chi connectivity index (χ1) is 19.6. The van der Waals surface area contributed by atoms with Crippen molar-refractivity contribution in [3.63, 3.8) is 0 Å². The van der Waals surface area contributed by atoms with E-state index in [1.165, 1.54) is 40.9 Å². The van der Waals surface area contributed by atoms with E-state index in [-0.39, 0.29) is 46.7 Å². The number of thioether (sulfide) groups is 1. The largest absolute Gasteiger partial charge is 0.508 e. The Kier molecular flexibility index (Phi) is 8.55. The van der Waals surface area contributed by atoms with Crippen molar-refractivity contribution in [3.05, 3.63) is 92.6 Å². The van der Waals surface area contributed by atoms with Crippen LogP contribution >= 0.6 is 46.6 Å². The second kappa shape index (κ2) is 12.1. The second-order valence-corrected chi connectivity index (χ2v) is 11.5. The van der Waals surface area contributed by atoms with Gasteiger partial charge in [-0.05, 0) is 48.0 Å². The molecule has 0 aromatic heterocycles. The van der Waals surface area contributed by atoms with Gasteiger partial charge in [0.2, 0.25) is 5.91 Å². The van der Waals surface area contributed by atoms with E-state index in [2.05, 4.69) is 5.32 Å². The highest BCUT2D eigenvalue weighted by Gasteiger charge is 2.54. The van der Waals surface area contributed by atoms with Crippen LogP contribution in [-0.4, -0.2) is 56.7 Å². The molecule has 0 aliphatic carbocycles. The van der Waals surface area contributed by atoms with Crippen LogP contribution in [0.25, 0.3) is 0 Å². The number of fused-ring (bicyclic) bond motifs is 1. The zero-order valence-corrected chi connectivity index (χ0v) is 24.1. The van der Waals surface area contributed by atoms with Gasteiger partial charge in [0.1, 0.15) is 35.2 Å². The van der Waals surface area contributed by atoms with Crippen LogP contribution in [0.15, 0.2) is 71.9 Å². The smallest absolute Gasteiger partial charge is 0.352 e. The molecule has 1 fully saturated rings. The Hall–Kier alpha value is -3.57. The lowest BCUT2D eigenvalue weighted by atomic mass is 10.0. The standard InChI is InChI=1S/C28H21Cl3N2O7S/c29-16-3-7-20(19(31)10-16)40-21-8-4-17(30)11-22(21)39-12-15-13-41-27-24(26(36)33(27)25(15)28(37)38)32-23(35)9-14-1-5-18(34)6-2-14/h1-8,10-11,24,27,34H,9,12-13H2,(H,32,35)(H,37,38)/t24-,27-/m1/s1. The van der Waals surface area contributed by atoms with Crippen molar-refractivity contribution < 1.29 is 34.1 Å². The fraction of sp³-hybridized carbons (Fsp3) is 0.179. The number of aliphatic carboxylic acids is 1. The number of phenolic OH excluding ortho intramolecular Hbond substituents is 1. The molecule has 2 amide bonds. The summed E-state index contributed by atoms with van der Waals surface area (Å²) in [6.45, 7) is -0.159. The molecule has 0 unspecified atom stereocenters. The number of benzene rings is 3. The molecular formula is C28H21Cl3N2O7S. The molecule has 0 radical (unpaired) electrons. The Balaban J connectivity index is 1.29. The number of carbonyl (C=O) groups is 3. The number of hydrogen-bond acceptors (Lipinski definition) is 7. The summed E-state index contributed by atoms with van der Waals surface area (Å²) < 4.78 is 11.8. The van der Waals surface area contributed by atoms with Gasteiger partial charge in [-0.15, -0.1) is 11.8 Å². The minimum Gasteiger partial charge on any atom is -0.508 e. The number of amides is 2. The highest BCUT2D eigenvalue weighted by molar-refractivity contribution is 8.00. The lowest BCUT2D eigenvalue weighted by molar-refractivity contribution is -0.150. The van der Waals surface area contributed by atoms with Gasteiger partial charge < -0.3 is 25.0 Å². The van der Waals surface area contributed by atoms with Gasteiger partial charge in [-0.25, -0.2) is 4.79 Å². The Labute approximate surface area is 253 Å². The van der Waals surface area contributed by atoms with Crippen molar-refractivity contribution in [2.45, 2.75) is 17.8 Å². The summed E-state index contributed by atoms with van der Waals surface area (Å²) in [5.74, 6) is -1.02. The number of carboxylic acid groups (broad SMARTS) is 1. The van der Waals surface area contributed by atoms with Gasteiger partial charge in [-0.1, -0.05) is 46.9 Å². The molecule has 1 saturated heterocycles. The summed E-state index contributed by atoms with van der Waals surface area (Å²) in [7, 11) is 0. The summed E-state index contributed by atoms with van der Waals surface area (Å²) in [4.78, 5) is 38.9. The Bertz CT molecular complexity index is 1560. The van der Waals surface area contributed by atoms with Crippen molar-refractivity contribution >= 4 is 64.3 Å². The third-order valence-corrected chi connectivity index (χ3v) is 8.39. The number of halogens is 3. The topological polar surface area (TPSA) is 125 Å². The molecule has 41 heavy (non-hydrogen) atoms. The monoisotopic (exact) mass is 634 g/mol. The SMILES string of the molecule is O=C(Cc1ccc(O)cc1)N[C@@H]1C(=O)N2C(C(=O)O)=C(COc3cc(Cl)ccc3Oc3ccc(Cl)cc3Cl)CS[C@H]12. The summed E-state index contributed by atoms with van der Waals surface area (Å²) in [5, 5.41) is 22.6. The van der Waals surface area contributed by atoms with E-state index in [1.54, 1.807) is 36.4 Å². The summed E-state index contributed by atoms with van der Waals surface area (Å²) in [6, 6.07) is 14.7. The van der Waals surface area contributed by atoms with Gasteiger partial charge in [0, 0.05) is 27.4 Å². The molecule has 2 aliphatic rings. The number of carbonyl (C=O) groups excluding carboxylic acids is 2. The average Bonchev–Trinajstić information content (AvgIpc) is 2.93. The molecule has 0 saturated carbocycles. The zero-order valence-electron chi connectivity index (χ0n) is 21.0.